The van der Waals surface area contributed by atoms with Crippen molar-refractivity contribution in [3.63, 3.8) is 0 Å². The minimum atomic E-state index is -0.106. The molecule has 3 rings (SSSR count). The van der Waals surface area contributed by atoms with Crippen LogP contribution in [0.5, 0.6) is 0 Å². The van der Waals surface area contributed by atoms with Gasteiger partial charge in [-0.25, -0.2) is 4.98 Å². The number of nitrogens with zero attached hydrogens (tertiary/aromatic N) is 3. The minimum absolute atomic E-state index is 0.0543. The molecular weight excluding hydrogens is 336 g/mol. The van der Waals surface area contributed by atoms with Gasteiger partial charge in [-0.15, -0.1) is 0 Å². The van der Waals surface area contributed by atoms with Crippen molar-refractivity contribution in [3.05, 3.63) is 34.2 Å². The lowest BCUT2D eigenvalue weighted by molar-refractivity contribution is 0.0696. The van der Waals surface area contributed by atoms with Gasteiger partial charge in [0.2, 0.25) is 0 Å². The number of amides is 1. The Hall–Kier alpha value is -1.63. The molecule has 0 radical (unpaired) electrons. The summed E-state index contributed by atoms with van der Waals surface area (Å²) in [5, 5.41) is 7.20. The number of rotatable bonds is 3. The third kappa shape index (κ3) is 2.74. The zero-order valence-electron chi connectivity index (χ0n) is 12.0. The average molecular weight is 353 g/mol. The predicted molar refractivity (Wildman–Crippen MR) is 79.9 cm³/mol. The van der Waals surface area contributed by atoms with Crippen molar-refractivity contribution in [2.45, 2.75) is 38.6 Å². The van der Waals surface area contributed by atoms with E-state index in [1.807, 2.05) is 13.8 Å². The van der Waals surface area contributed by atoms with Gasteiger partial charge in [0.25, 0.3) is 5.91 Å². The third-order valence-corrected chi connectivity index (χ3v) is 4.08. The molecule has 0 aromatic carbocycles. The van der Waals surface area contributed by atoms with E-state index < -0.39 is 0 Å². The highest BCUT2D eigenvalue weighted by Gasteiger charge is 2.34. The van der Waals surface area contributed by atoms with Crippen molar-refractivity contribution in [1.29, 1.82) is 0 Å². The van der Waals surface area contributed by atoms with Crippen molar-refractivity contribution in [3.8, 4) is 0 Å². The largest absolute Gasteiger partial charge is 0.444 e. The first-order valence-corrected chi connectivity index (χ1v) is 7.84. The summed E-state index contributed by atoms with van der Waals surface area (Å²) in [6, 6.07) is 3.35. The van der Waals surface area contributed by atoms with Gasteiger partial charge in [0.05, 0.1) is 6.04 Å². The van der Waals surface area contributed by atoms with Crippen molar-refractivity contribution >= 4 is 21.8 Å². The molecule has 1 saturated heterocycles. The van der Waals surface area contributed by atoms with Gasteiger partial charge in [-0.2, -0.15) is 5.10 Å². The smallest absolute Gasteiger partial charge is 0.290 e. The van der Waals surface area contributed by atoms with Crippen molar-refractivity contribution in [2.75, 3.05) is 6.54 Å². The monoisotopic (exact) mass is 352 g/mol. The molecule has 112 valence electrons. The third-order valence-electron chi connectivity index (χ3n) is 3.65. The molecule has 0 saturated carbocycles. The molecule has 1 unspecified atom stereocenters. The Morgan fingerprint density at radius 3 is 2.95 bits per heavy atom. The predicted octanol–water partition coefficient (Wildman–Crippen LogP) is 3.26. The molecule has 1 aliphatic heterocycles. The molecule has 7 heteroatoms. The first-order valence-electron chi connectivity index (χ1n) is 7.04. The summed E-state index contributed by atoms with van der Waals surface area (Å²) >= 11 is 3.22. The molecule has 1 fully saturated rings. The summed E-state index contributed by atoms with van der Waals surface area (Å²) in [4.78, 5) is 18.9. The molecule has 1 amide bonds. The van der Waals surface area contributed by atoms with Gasteiger partial charge in [0.1, 0.15) is 5.82 Å². The highest BCUT2D eigenvalue weighted by atomic mass is 79.9. The number of hydrogen-bond acceptors (Lipinski definition) is 4. The molecule has 21 heavy (non-hydrogen) atoms. The van der Waals surface area contributed by atoms with E-state index in [-0.39, 0.29) is 17.9 Å². The van der Waals surface area contributed by atoms with Gasteiger partial charge in [-0.1, -0.05) is 13.8 Å². The van der Waals surface area contributed by atoms with Gasteiger partial charge in [0.15, 0.2) is 16.3 Å². The number of carbonyl (C=O) groups is 1. The van der Waals surface area contributed by atoms with E-state index in [0.717, 1.165) is 24.5 Å². The first-order chi connectivity index (χ1) is 10.1. The molecule has 1 N–H and O–H groups in total. The molecule has 2 aromatic heterocycles. The Bertz CT molecular complexity index is 649. The highest BCUT2D eigenvalue weighted by Crippen LogP contribution is 2.32. The van der Waals surface area contributed by atoms with Gasteiger partial charge >= 0.3 is 0 Å². The van der Waals surface area contributed by atoms with E-state index in [1.165, 1.54) is 0 Å². The van der Waals surface area contributed by atoms with E-state index in [0.29, 0.717) is 17.0 Å². The second kappa shape index (κ2) is 5.63. The maximum absolute atomic E-state index is 12.5. The first kappa shape index (κ1) is 14.3. The minimum Gasteiger partial charge on any atom is -0.444 e. The Kier molecular flexibility index (Phi) is 3.84. The second-order valence-corrected chi connectivity index (χ2v) is 6.28. The Balaban J connectivity index is 1.83. The van der Waals surface area contributed by atoms with Gasteiger partial charge in [0, 0.05) is 12.5 Å². The fourth-order valence-electron chi connectivity index (χ4n) is 2.56. The van der Waals surface area contributed by atoms with Gasteiger partial charge < -0.3 is 9.32 Å². The quantitative estimate of drug-likeness (QED) is 0.919. The van der Waals surface area contributed by atoms with Crippen molar-refractivity contribution < 1.29 is 9.21 Å². The van der Waals surface area contributed by atoms with E-state index in [1.54, 1.807) is 17.0 Å². The molecule has 0 bridgehead atoms. The Labute approximate surface area is 131 Å². The Morgan fingerprint density at radius 1 is 1.52 bits per heavy atom. The van der Waals surface area contributed by atoms with Crippen LogP contribution in [0.2, 0.25) is 0 Å². The molecule has 6 nitrogen and oxygen atoms in total. The van der Waals surface area contributed by atoms with E-state index in [9.17, 15) is 4.79 Å². The standard InChI is InChI=1S/C14H17BrN4O2/c1-8(2)12-16-13(18-17-12)9-4-3-7-19(9)14(20)10-5-6-11(15)21-10/h5-6,8-9H,3-4,7H2,1-2H3,(H,16,17,18). The van der Waals surface area contributed by atoms with Gasteiger partial charge in [-0.3, -0.25) is 9.89 Å². The zero-order chi connectivity index (χ0) is 15.0. The zero-order valence-corrected chi connectivity index (χ0v) is 13.6. The molecule has 0 aliphatic carbocycles. The SMILES string of the molecule is CC(C)c1n[nH]c(C2CCCN2C(=O)c2ccc(Br)o2)n1. The number of H-pyrrole nitrogens is 1. The number of hydrogen-bond donors (Lipinski definition) is 1. The maximum Gasteiger partial charge on any atom is 0.290 e. The highest BCUT2D eigenvalue weighted by molar-refractivity contribution is 9.10. The van der Waals surface area contributed by atoms with Crippen LogP contribution in [-0.4, -0.2) is 32.5 Å². The van der Waals surface area contributed by atoms with Crippen LogP contribution in [0.3, 0.4) is 0 Å². The lowest BCUT2D eigenvalue weighted by Gasteiger charge is -2.21. The van der Waals surface area contributed by atoms with Crippen LogP contribution in [-0.2, 0) is 0 Å². The topological polar surface area (TPSA) is 75.0 Å². The van der Waals surface area contributed by atoms with Crippen LogP contribution in [0.15, 0.2) is 21.2 Å². The van der Waals surface area contributed by atoms with E-state index >= 15 is 0 Å². The van der Waals surface area contributed by atoms with Gasteiger partial charge in [-0.05, 0) is 40.9 Å². The second-order valence-electron chi connectivity index (χ2n) is 5.49. The fourth-order valence-corrected chi connectivity index (χ4v) is 2.87. The summed E-state index contributed by atoms with van der Waals surface area (Å²) in [6.07, 6.45) is 1.84. The summed E-state index contributed by atoms with van der Waals surface area (Å²) in [5.41, 5.74) is 0. The van der Waals surface area contributed by atoms with Crippen LogP contribution in [0, 0.1) is 0 Å². The molecule has 1 atom stereocenters. The van der Waals surface area contributed by atoms with Crippen LogP contribution in [0.25, 0.3) is 0 Å². The fraction of sp³-hybridized carbons (Fsp3) is 0.500. The van der Waals surface area contributed by atoms with Crippen molar-refractivity contribution in [2.24, 2.45) is 0 Å². The number of nitrogens with one attached hydrogen (secondary N) is 1. The summed E-state index contributed by atoms with van der Waals surface area (Å²) in [6.45, 7) is 4.80. The summed E-state index contributed by atoms with van der Waals surface area (Å²) in [5.74, 6) is 2.05. The van der Waals surface area contributed by atoms with Crippen LogP contribution < -0.4 is 0 Å². The lowest BCUT2D eigenvalue weighted by Crippen LogP contribution is -2.30. The maximum atomic E-state index is 12.5. The Morgan fingerprint density at radius 2 is 2.33 bits per heavy atom. The van der Waals surface area contributed by atoms with E-state index in [4.69, 9.17) is 4.42 Å². The van der Waals surface area contributed by atoms with E-state index in [2.05, 4.69) is 31.1 Å². The number of aromatic amines is 1. The number of carbonyl (C=O) groups excluding carboxylic acids is 1. The molecule has 0 spiro atoms. The molecular formula is C14H17BrN4O2. The molecule has 1 aliphatic rings. The van der Waals surface area contributed by atoms with Crippen molar-refractivity contribution in [1.82, 2.24) is 20.1 Å². The average Bonchev–Trinajstić information content (AvgIpc) is 3.17. The normalized spacial score (nSPS) is 18.7. The number of halogens is 1. The summed E-state index contributed by atoms with van der Waals surface area (Å²) < 4.78 is 5.92. The number of likely N-dealkylation sites (tertiary alicyclic amines) is 1. The number of furan rings is 1. The molecule has 3 heterocycles. The summed E-state index contributed by atoms with van der Waals surface area (Å²) in [7, 11) is 0. The van der Waals surface area contributed by atoms with Crippen LogP contribution in [0.1, 0.15) is 60.9 Å². The lowest BCUT2D eigenvalue weighted by atomic mass is 10.2. The van der Waals surface area contributed by atoms with Crippen LogP contribution >= 0.6 is 15.9 Å². The number of aromatic nitrogens is 3. The van der Waals surface area contributed by atoms with Crippen LogP contribution in [0.4, 0.5) is 0 Å². The molecule has 2 aromatic rings.